The SMILES string of the molecule is Cc1ccccc1-c1ncc(CN)c(=O)[nH]1. The number of nitrogens with one attached hydrogen (secondary N) is 1. The summed E-state index contributed by atoms with van der Waals surface area (Å²) in [5, 5.41) is 0. The molecule has 0 saturated heterocycles. The van der Waals surface area contributed by atoms with E-state index in [1.165, 1.54) is 6.20 Å². The van der Waals surface area contributed by atoms with Crippen molar-refractivity contribution in [1.82, 2.24) is 9.97 Å². The van der Waals surface area contributed by atoms with Gasteiger partial charge in [-0.05, 0) is 12.5 Å². The van der Waals surface area contributed by atoms with Gasteiger partial charge in [0.2, 0.25) is 0 Å². The highest BCUT2D eigenvalue weighted by atomic mass is 16.1. The molecule has 0 amide bonds. The molecule has 0 spiro atoms. The first-order valence-electron chi connectivity index (χ1n) is 5.06. The molecule has 16 heavy (non-hydrogen) atoms. The highest BCUT2D eigenvalue weighted by molar-refractivity contribution is 5.59. The minimum absolute atomic E-state index is 0.171. The van der Waals surface area contributed by atoms with E-state index in [1.807, 2.05) is 31.2 Å². The second kappa shape index (κ2) is 4.28. The third-order valence-electron chi connectivity index (χ3n) is 2.49. The standard InChI is InChI=1S/C12H13N3O/c1-8-4-2-3-5-10(8)11-14-7-9(6-13)12(16)15-11/h2-5,7H,6,13H2,1H3,(H,14,15,16). The number of nitrogens with two attached hydrogens (primary N) is 1. The van der Waals surface area contributed by atoms with Gasteiger partial charge < -0.3 is 10.7 Å². The quantitative estimate of drug-likeness (QED) is 0.790. The lowest BCUT2D eigenvalue weighted by atomic mass is 10.1. The van der Waals surface area contributed by atoms with E-state index in [9.17, 15) is 4.79 Å². The number of benzene rings is 1. The Bertz CT molecular complexity index is 560. The first-order valence-corrected chi connectivity index (χ1v) is 5.06. The van der Waals surface area contributed by atoms with Gasteiger partial charge in [-0.1, -0.05) is 24.3 Å². The highest BCUT2D eigenvalue weighted by Gasteiger charge is 2.05. The van der Waals surface area contributed by atoms with Gasteiger partial charge in [-0.15, -0.1) is 0 Å². The third kappa shape index (κ3) is 1.87. The van der Waals surface area contributed by atoms with E-state index in [1.54, 1.807) is 0 Å². The van der Waals surface area contributed by atoms with Crippen molar-refractivity contribution in [3.05, 3.63) is 51.9 Å². The average molecular weight is 215 g/mol. The number of nitrogens with zero attached hydrogens (tertiary/aromatic N) is 1. The van der Waals surface area contributed by atoms with Gasteiger partial charge in [-0.3, -0.25) is 4.79 Å². The topological polar surface area (TPSA) is 71.8 Å². The predicted octanol–water partition coefficient (Wildman–Crippen LogP) is 1.20. The van der Waals surface area contributed by atoms with Gasteiger partial charge in [0.1, 0.15) is 5.82 Å². The van der Waals surface area contributed by atoms with Crippen molar-refractivity contribution in [3.63, 3.8) is 0 Å². The Kier molecular flexibility index (Phi) is 2.83. The number of aryl methyl sites for hydroxylation is 1. The molecule has 0 unspecified atom stereocenters. The molecule has 0 atom stereocenters. The van der Waals surface area contributed by atoms with Crippen LogP contribution in [0.25, 0.3) is 11.4 Å². The number of aromatic amines is 1. The predicted molar refractivity (Wildman–Crippen MR) is 62.9 cm³/mol. The lowest BCUT2D eigenvalue weighted by molar-refractivity contribution is 0.978. The second-order valence-corrected chi connectivity index (χ2v) is 3.61. The zero-order valence-corrected chi connectivity index (χ0v) is 9.03. The van der Waals surface area contributed by atoms with Crippen molar-refractivity contribution < 1.29 is 0 Å². The molecule has 1 heterocycles. The van der Waals surface area contributed by atoms with Gasteiger partial charge in [0.05, 0.1) is 0 Å². The molecule has 0 aliphatic carbocycles. The normalized spacial score (nSPS) is 10.4. The molecule has 1 aromatic carbocycles. The lowest BCUT2D eigenvalue weighted by Crippen LogP contribution is -2.17. The van der Waals surface area contributed by atoms with E-state index in [0.29, 0.717) is 11.4 Å². The molecule has 2 aromatic rings. The first kappa shape index (κ1) is 10.6. The summed E-state index contributed by atoms with van der Waals surface area (Å²) in [6.45, 7) is 2.18. The van der Waals surface area contributed by atoms with Crippen LogP contribution in [0.5, 0.6) is 0 Å². The molecule has 0 bridgehead atoms. The number of hydrogen-bond donors (Lipinski definition) is 2. The van der Waals surface area contributed by atoms with Crippen LogP contribution in [0.3, 0.4) is 0 Å². The fourth-order valence-electron chi connectivity index (χ4n) is 1.54. The Hall–Kier alpha value is -1.94. The Morgan fingerprint density at radius 1 is 1.38 bits per heavy atom. The van der Waals surface area contributed by atoms with Crippen LogP contribution in [0.4, 0.5) is 0 Å². The molecule has 2 rings (SSSR count). The molecular formula is C12H13N3O. The van der Waals surface area contributed by atoms with Crippen LogP contribution >= 0.6 is 0 Å². The maximum atomic E-state index is 11.6. The number of rotatable bonds is 2. The maximum Gasteiger partial charge on any atom is 0.255 e. The van der Waals surface area contributed by atoms with Gasteiger partial charge in [0, 0.05) is 23.9 Å². The summed E-state index contributed by atoms with van der Waals surface area (Å²) < 4.78 is 0. The summed E-state index contributed by atoms with van der Waals surface area (Å²) in [5.74, 6) is 0.584. The first-order chi connectivity index (χ1) is 7.72. The monoisotopic (exact) mass is 215 g/mol. The van der Waals surface area contributed by atoms with Crippen LogP contribution in [0.2, 0.25) is 0 Å². The zero-order valence-electron chi connectivity index (χ0n) is 9.03. The fraction of sp³-hybridized carbons (Fsp3) is 0.167. The van der Waals surface area contributed by atoms with E-state index < -0.39 is 0 Å². The van der Waals surface area contributed by atoms with Crippen molar-refractivity contribution in [1.29, 1.82) is 0 Å². The molecule has 0 aliphatic rings. The van der Waals surface area contributed by atoms with Gasteiger partial charge in [-0.2, -0.15) is 0 Å². The van der Waals surface area contributed by atoms with Crippen LogP contribution in [0.1, 0.15) is 11.1 Å². The van der Waals surface area contributed by atoms with Crippen LogP contribution in [-0.4, -0.2) is 9.97 Å². The molecule has 0 fully saturated rings. The van der Waals surface area contributed by atoms with Crippen LogP contribution in [0, 0.1) is 6.92 Å². The van der Waals surface area contributed by atoms with Gasteiger partial charge in [0.15, 0.2) is 0 Å². The van der Waals surface area contributed by atoms with Crippen LogP contribution in [0.15, 0.2) is 35.3 Å². The Balaban J connectivity index is 2.54. The van der Waals surface area contributed by atoms with Crippen molar-refractivity contribution in [2.24, 2.45) is 5.73 Å². The van der Waals surface area contributed by atoms with Crippen molar-refractivity contribution in [2.75, 3.05) is 0 Å². The van der Waals surface area contributed by atoms with Crippen molar-refractivity contribution >= 4 is 0 Å². The summed E-state index contributed by atoms with van der Waals surface area (Å²) in [7, 11) is 0. The second-order valence-electron chi connectivity index (χ2n) is 3.61. The molecule has 3 N–H and O–H groups in total. The molecule has 0 saturated carbocycles. The van der Waals surface area contributed by atoms with Gasteiger partial charge in [-0.25, -0.2) is 4.98 Å². The third-order valence-corrected chi connectivity index (χ3v) is 2.49. The highest BCUT2D eigenvalue weighted by Crippen LogP contribution is 2.17. The van der Waals surface area contributed by atoms with Crippen molar-refractivity contribution in [2.45, 2.75) is 13.5 Å². The minimum atomic E-state index is -0.171. The summed E-state index contributed by atoms with van der Waals surface area (Å²) in [5.41, 5.74) is 7.74. The van der Waals surface area contributed by atoms with E-state index in [-0.39, 0.29) is 12.1 Å². The molecule has 4 heteroatoms. The average Bonchev–Trinajstić information content (AvgIpc) is 2.29. The number of aromatic nitrogens is 2. The van der Waals surface area contributed by atoms with E-state index in [2.05, 4.69) is 9.97 Å². The summed E-state index contributed by atoms with van der Waals surface area (Å²) in [6, 6.07) is 7.77. The number of hydrogen-bond acceptors (Lipinski definition) is 3. The Labute approximate surface area is 93.2 Å². The summed E-state index contributed by atoms with van der Waals surface area (Å²) >= 11 is 0. The fourth-order valence-corrected chi connectivity index (χ4v) is 1.54. The lowest BCUT2D eigenvalue weighted by Gasteiger charge is -2.04. The number of H-pyrrole nitrogens is 1. The van der Waals surface area contributed by atoms with Crippen LogP contribution < -0.4 is 11.3 Å². The van der Waals surface area contributed by atoms with Crippen molar-refractivity contribution in [3.8, 4) is 11.4 Å². The smallest absolute Gasteiger partial charge is 0.255 e. The summed E-state index contributed by atoms with van der Waals surface area (Å²) in [4.78, 5) is 18.5. The Morgan fingerprint density at radius 2 is 2.12 bits per heavy atom. The maximum absolute atomic E-state index is 11.6. The summed E-state index contributed by atoms with van der Waals surface area (Å²) in [6.07, 6.45) is 1.53. The van der Waals surface area contributed by atoms with E-state index in [4.69, 9.17) is 5.73 Å². The molecule has 4 nitrogen and oxygen atoms in total. The van der Waals surface area contributed by atoms with Gasteiger partial charge in [0.25, 0.3) is 5.56 Å². The molecule has 0 aliphatic heterocycles. The van der Waals surface area contributed by atoms with E-state index in [0.717, 1.165) is 11.1 Å². The largest absolute Gasteiger partial charge is 0.326 e. The molecule has 1 aromatic heterocycles. The van der Waals surface area contributed by atoms with E-state index >= 15 is 0 Å². The molecule has 82 valence electrons. The van der Waals surface area contributed by atoms with Crippen LogP contribution in [-0.2, 0) is 6.54 Å². The molecular weight excluding hydrogens is 202 g/mol. The molecule has 0 radical (unpaired) electrons. The minimum Gasteiger partial charge on any atom is -0.326 e. The Morgan fingerprint density at radius 3 is 2.75 bits per heavy atom. The zero-order chi connectivity index (χ0) is 11.5. The van der Waals surface area contributed by atoms with Gasteiger partial charge >= 0.3 is 0 Å².